The van der Waals surface area contributed by atoms with Gasteiger partial charge in [0.1, 0.15) is 11.4 Å². The molecule has 0 aliphatic carbocycles. The van der Waals surface area contributed by atoms with Crippen LogP contribution >= 0.6 is 0 Å². The van der Waals surface area contributed by atoms with Gasteiger partial charge in [-0.3, -0.25) is 4.98 Å². The molecule has 0 saturated carbocycles. The lowest BCUT2D eigenvalue weighted by Gasteiger charge is -2.10. The summed E-state index contributed by atoms with van der Waals surface area (Å²) >= 11 is 0. The number of aromatic hydroxyl groups is 1. The first-order valence-corrected chi connectivity index (χ1v) is 4.13. The fraction of sp³-hybridized carbons (Fsp3) is 0.444. The van der Waals surface area contributed by atoms with E-state index < -0.39 is 0 Å². The van der Waals surface area contributed by atoms with E-state index in [1.165, 1.54) is 13.3 Å². The van der Waals surface area contributed by atoms with Crippen LogP contribution in [-0.2, 0) is 24.6 Å². The average molecular weight is 199 g/mol. The maximum atomic E-state index is 9.62. The summed E-state index contributed by atoms with van der Waals surface area (Å²) in [5.74, 6) is -0.110. The van der Waals surface area contributed by atoms with Gasteiger partial charge < -0.3 is 20.1 Å². The van der Waals surface area contributed by atoms with Crippen LogP contribution in [0.4, 0.5) is 0 Å². The number of nitrogens with zero attached hydrogens (tertiary/aromatic N) is 1. The molecule has 0 fully saturated rings. The molecular weight excluding hydrogens is 186 g/mol. The summed E-state index contributed by atoms with van der Waals surface area (Å²) in [6.07, 6.45) is 1.42. The number of aliphatic hydroxyl groups excluding tert-OH is 2. The molecule has 5 nitrogen and oxygen atoms in total. The van der Waals surface area contributed by atoms with E-state index in [-0.39, 0.29) is 31.3 Å². The second kappa shape index (κ2) is 4.90. The number of aromatic nitrogens is 1. The molecule has 0 aliphatic rings. The van der Waals surface area contributed by atoms with Gasteiger partial charge in [0.15, 0.2) is 0 Å². The van der Waals surface area contributed by atoms with Gasteiger partial charge in [-0.1, -0.05) is 0 Å². The van der Waals surface area contributed by atoms with Crippen molar-refractivity contribution in [3.8, 4) is 5.75 Å². The Bertz CT molecular complexity index is 314. The smallest absolute Gasteiger partial charge is 0.145 e. The zero-order chi connectivity index (χ0) is 10.6. The van der Waals surface area contributed by atoms with E-state index in [1.54, 1.807) is 0 Å². The first-order chi connectivity index (χ1) is 6.74. The van der Waals surface area contributed by atoms with Crippen LogP contribution in [0.25, 0.3) is 0 Å². The molecule has 1 rings (SSSR count). The summed E-state index contributed by atoms with van der Waals surface area (Å²) in [4.78, 5) is 3.79. The molecule has 1 aromatic heterocycles. The van der Waals surface area contributed by atoms with Gasteiger partial charge in [0, 0.05) is 24.4 Å². The van der Waals surface area contributed by atoms with Crippen molar-refractivity contribution in [1.82, 2.24) is 4.98 Å². The van der Waals surface area contributed by atoms with Crippen LogP contribution in [0.3, 0.4) is 0 Å². The van der Waals surface area contributed by atoms with Gasteiger partial charge in [0.05, 0.1) is 19.8 Å². The Morgan fingerprint density at radius 1 is 1.36 bits per heavy atom. The molecule has 0 atom stereocenters. The van der Waals surface area contributed by atoms with E-state index in [4.69, 9.17) is 14.9 Å². The average Bonchev–Trinajstić information content (AvgIpc) is 2.21. The predicted octanol–water partition coefficient (Wildman–Crippen LogP) is -0.0818. The molecule has 3 N–H and O–H groups in total. The number of rotatable bonds is 4. The minimum atomic E-state index is -0.339. The van der Waals surface area contributed by atoms with E-state index in [0.717, 1.165) is 0 Å². The molecule has 0 spiro atoms. The zero-order valence-corrected chi connectivity index (χ0v) is 7.90. The lowest BCUT2D eigenvalue weighted by atomic mass is 10.1. The van der Waals surface area contributed by atoms with Gasteiger partial charge in [0.25, 0.3) is 0 Å². The highest BCUT2D eigenvalue weighted by atomic mass is 16.5. The highest BCUT2D eigenvalue weighted by Crippen LogP contribution is 2.24. The molecule has 0 radical (unpaired) electrons. The topological polar surface area (TPSA) is 82.8 Å². The molecule has 14 heavy (non-hydrogen) atoms. The zero-order valence-electron chi connectivity index (χ0n) is 7.90. The predicted molar refractivity (Wildman–Crippen MR) is 48.5 cm³/mol. The van der Waals surface area contributed by atoms with Gasteiger partial charge >= 0.3 is 0 Å². The summed E-state index contributed by atoms with van der Waals surface area (Å²) in [7, 11) is 1.49. The molecule has 0 aliphatic heterocycles. The van der Waals surface area contributed by atoms with Crippen molar-refractivity contribution < 1.29 is 20.1 Å². The van der Waals surface area contributed by atoms with Crippen LogP contribution in [-0.4, -0.2) is 27.4 Å². The fourth-order valence-corrected chi connectivity index (χ4v) is 1.18. The third-order valence-electron chi connectivity index (χ3n) is 1.93. The second-order valence-electron chi connectivity index (χ2n) is 2.81. The Hall–Kier alpha value is -1.17. The molecule has 0 bridgehead atoms. The van der Waals surface area contributed by atoms with Crippen LogP contribution in [0.5, 0.6) is 5.75 Å². The Morgan fingerprint density at radius 3 is 2.57 bits per heavy atom. The van der Waals surface area contributed by atoms with Crippen molar-refractivity contribution in [2.45, 2.75) is 19.8 Å². The van der Waals surface area contributed by atoms with E-state index in [1.807, 2.05) is 0 Å². The van der Waals surface area contributed by atoms with Gasteiger partial charge in [0.2, 0.25) is 0 Å². The SMILES string of the molecule is COCc1c(CO)cnc(CO)c1O. The van der Waals surface area contributed by atoms with Crippen LogP contribution in [0, 0.1) is 0 Å². The lowest BCUT2D eigenvalue weighted by Crippen LogP contribution is -2.02. The number of hydrogen-bond acceptors (Lipinski definition) is 5. The van der Waals surface area contributed by atoms with Crippen LogP contribution in [0.15, 0.2) is 6.20 Å². The third-order valence-corrected chi connectivity index (χ3v) is 1.93. The fourth-order valence-electron chi connectivity index (χ4n) is 1.18. The van der Waals surface area contributed by atoms with Crippen molar-refractivity contribution in [2.24, 2.45) is 0 Å². The highest BCUT2D eigenvalue weighted by molar-refractivity contribution is 5.40. The summed E-state index contributed by atoms with van der Waals surface area (Å²) in [6, 6.07) is 0. The van der Waals surface area contributed by atoms with E-state index in [0.29, 0.717) is 11.1 Å². The third kappa shape index (κ3) is 2.01. The number of hydrogen-bond donors (Lipinski definition) is 3. The van der Waals surface area contributed by atoms with Crippen molar-refractivity contribution in [1.29, 1.82) is 0 Å². The maximum absolute atomic E-state index is 9.62. The molecule has 1 aromatic rings. The molecular formula is C9H13NO4. The van der Waals surface area contributed by atoms with Gasteiger partial charge in [-0.15, -0.1) is 0 Å². The Kier molecular flexibility index (Phi) is 3.82. The van der Waals surface area contributed by atoms with Crippen molar-refractivity contribution in [3.05, 3.63) is 23.0 Å². The highest BCUT2D eigenvalue weighted by Gasteiger charge is 2.12. The quantitative estimate of drug-likeness (QED) is 0.631. The molecule has 0 unspecified atom stereocenters. The van der Waals surface area contributed by atoms with Crippen LogP contribution in [0.2, 0.25) is 0 Å². The monoisotopic (exact) mass is 199 g/mol. The Balaban J connectivity index is 3.16. The first-order valence-electron chi connectivity index (χ1n) is 4.13. The van der Waals surface area contributed by atoms with Crippen LogP contribution in [0.1, 0.15) is 16.8 Å². The van der Waals surface area contributed by atoms with Crippen LogP contribution < -0.4 is 0 Å². The van der Waals surface area contributed by atoms with E-state index >= 15 is 0 Å². The Morgan fingerprint density at radius 2 is 2.07 bits per heavy atom. The lowest BCUT2D eigenvalue weighted by molar-refractivity contribution is 0.177. The van der Waals surface area contributed by atoms with Gasteiger partial charge in [-0.2, -0.15) is 0 Å². The minimum absolute atomic E-state index is 0.110. The summed E-state index contributed by atoms with van der Waals surface area (Å²) in [6.45, 7) is -0.379. The number of methoxy groups -OCH3 is 1. The number of ether oxygens (including phenoxy) is 1. The van der Waals surface area contributed by atoms with Crippen molar-refractivity contribution >= 4 is 0 Å². The molecule has 78 valence electrons. The minimum Gasteiger partial charge on any atom is -0.506 e. The summed E-state index contributed by atoms with van der Waals surface area (Å²) < 4.78 is 4.87. The van der Waals surface area contributed by atoms with Gasteiger partial charge in [-0.25, -0.2) is 0 Å². The number of pyridine rings is 1. The van der Waals surface area contributed by atoms with Crippen molar-refractivity contribution in [2.75, 3.05) is 7.11 Å². The normalized spacial score (nSPS) is 10.5. The molecule has 0 saturated heterocycles. The number of aliphatic hydroxyl groups is 2. The maximum Gasteiger partial charge on any atom is 0.145 e. The van der Waals surface area contributed by atoms with Crippen molar-refractivity contribution in [3.63, 3.8) is 0 Å². The van der Waals surface area contributed by atoms with E-state index in [9.17, 15) is 5.11 Å². The molecule has 5 heteroatoms. The summed E-state index contributed by atoms with van der Waals surface area (Å²) in [5.41, 5.74) is 1.16. The van der Waals surface area contributed by atoms with E-state index in [2.05, 4.69) is 4.98 Å². The van der Waals surface area contributed by atoms with Gasteiger partial charge in [-0.05, 0) is 0 Å². The second-order valence-corrected chi connectivity index (χ2v) is 2.81. The molecule has 1 heterocycles. The largest absolute Gasteiger partial charge is 0.506 e. The molecule has 0 aromatic carbocycles. The molecule has 0 amide bonds. The standard InChI is InChI=1S/C9H13NO4/c1-14-5-7-6(3-11)2-10-8(4-12)9(7)13/h2,11-13H,3-5H2,1H3. The summed E-state index contributed by atoms with van der Waals surface area (Å²) in [5, 5.41) is 27.4. The first kappa shape index (κ1) is 10.9. The Labute approximate surface area is 81.6 Å².